The fraction of sp³-hybridized carbons (Fsp3) is 0.174. The molecule has 0 aromatic heterocycles. The maximum Gasteiger partial charge on any atom is 0.261 e. The van der Waals surface area contributed by atoms with Crippen molar-refractivity contribution in [2.75, 3.05) is 23.1 Å². The number of hydrogen-bond acceptors (Lipinski definition) is 4. The number of hydrogen-bond donors (Lipinski definition) is 3. The highest BCUT2D eigenvalue weighted by atomic mass is 32.2. The van der Waals surface area contributed by atoms with E-state index in [1.54, 1.807) is 13.0 Å². The summed E-state index contributed by atoms with van der Waals surface area (Å²) >= 11 is 0. The van der Waals surface area contributed by atoms with Crippen molar-refractivity contribution >= 4 is 27.3 Å². The monoisotopic (exact) mass is 441 g/mol. The van der Waals surface area contributed by atoms with Crippen molar-refractivity contribution in [3.63, 3.8) is 0 Å². The Balaban J connectivity index is 1.60. The summed E-state index contributed by atoms with van der Waals surface area (Å²) in [5, 5.41) is 6.09. The summed E-state index contributed by atoms with van der Waals surface area (Å²) in [7, 11) is -3.92. The van der Waals surface area contributed by atoms with Crippen LogP contribution in [0.5, 0.6) is 0 Å². The minimum atomic E-state index is -3.92. The second-order valence-corrected chi connectivity index (χ2v) is 8.67. The average Bonchev–Trinajstić information content (AvgIpc) is 2.75. The summed E-state index contributed by atoms with van der Waals surface area (Å²) < 4.78 is 40.8. The van der Waals surface area contributed by atoms with Crippen LogP contribution in [0, 0.1) is 12.7 Å². The fourth-order valence-corrected chi connectivity index (χ4v) is 4.00. The lowest BCUT2D eigenvalue weighted by Gasteiger charge is -2.12. The summed E-state index contributed by atoms with van der Waals surface area (Å²) in [5.41, 5.74) is 2.20. The fourth-order valence-electron chi connectivity index (χ4n) is 2.92. The summed E-state index contributed by atoms with van der Waals surface area (Å²) in [6.07, 6.45) is 0.712. The molecule has 6 nitrogen and oxygen atoms in total. The zero-order chi connectivity index (χ0) is 22.3. The van der Waals surface area contributed by atoms with E-state index in [4.69, 9.17) is 0 Å². The number of para-hydroxylation sites is 1. The topological polar surface area (TPSA) is 87.3 Å². The molecule has 0 saturated carbocycles. The molecule has 0 unspecified atom stereocenters. The maximum absolute atomic E-state index is 13.0. The molecule has 3 N–H and O–H groups in total. The van der Waals surface area contributed by atoms with Crippen LogP contribution in [-0.4, -0.2) is 27.4 Å². The molecule has 0 fully saturated rings. The second kappa shape index (κ2) is 10.1. The minimum Gasteiger partial charge on any atom is -0.385 e. The summed E-state index contributed by atoms with van der Waals surface area (Å²) in [5.74, 6) is -0.799. The van der Waals surface area contributed by atoms with E-state index in [9.17, 15) is 17.6 Å². The van der Waals surface area contributed by atoms with Gasteiger partial charge in [0, 0.05) is 30.0 Å². The highest BCUT2D eigenvalue weighted by Gasteiger charge is 2.18. The van der Waals surface area contributed by atoms with E-state index in [1.165, 1.54) is 36.4 Å². The Bertz CT molecular complexity index is 1130. The van der Waals surface area contributed by atoms with Crippen molar-refractivity contribution < 1.29 is 17.6 Å². The smallest absolute Gasteiger partial charge is 0.261 e. The largest absolute Gasteiger partial charge is 0.385 e. The minimum absolute atomic E-state index is 0.0432. The van der Waals surface area contributed by atoms with Gasteiger partial charge in [-0.1, -0.05) is 24.3 Å². The van der Waals surface area contributed by atoms with Gasteiger partial charge >= 0.3 is 0 Å². The summed E-state index contributed by atoms with van der Waals surface area (Å²) in [4.78, 5) is 12.5. The molecule has 0 atom stereocenters. The lowest BCUT2D eigenvalue weighted by Crippen LogP contribution is -2.27. The van der Waals surface area contributed by atoms with Crippen LogP contribution in [-0.2, 0) is 10.0 Å². The first kappa shape index (κ1) is 22.3. The predicted octanol–water partition coefficient (Wildman–Crippen LogP) is 4.17. The number of nitrogens with one attached hydrogen (secondary N) is 3. The highest BCUT2D eigenvalue weighted by Crippen LogP contribution is 2.19. The van der Waals surface area contributed by atoms with Gasteiger partial charge in [-0.2, -0.15) is 0 Å². The molecule has 0 heterocycles. The van der Waals surface area contributed by atoms with Gasteiger partial charge < -0.3 is 10.6 Å². The van der Waals surface area contributed by atoms with Gasteiger partial charge in [0.2, 0.25) is 0 Å². The molecule has 3 aromatic carbocycles. The number of carbonyl (C=O) groups excluding carboxylic acids is 1. The van der Waals surface area contributed by atoms with Crippen LogP contribution < -0.4 is 15.4 Å². The molecule has 1 amide bonds. The molecule has 0 aliphatic rings. The van der Waals surface area contributed by atoms with Gasteiger partial charge in [-0.15, -0.1) is 0 Å². The molecular formula is C23H24FN3O3S. The van der Waals surface area contributed by atoms with E-state index < -0.39 is 15.8 Å². The van der Waals surface area contributed by atoms with Gasteiger partial charge in [-0.05, 0) is 67.4 Å². The quantitative estimate of drug-likeness (QED) is 0.435. The van der Waals surface area contributed by atoms with Crippen LogP contribution in [0.3, 0.4) is 0 Å². The molecule has 162 valence electrons. The van der Waals surface area contributed by atoms with Crippen LogP contribution in [0.1, 0.15) is 22.3 Å². The molecule has 31 heavy (non-hydrogen) atoms. The van der Waals surface area contributed by atoms with Gasteiger partial charge in [0.1, 0.15) is 5.82 Å². The maximum atomic E-state index is 13.0. The van der Waals surface area contributed by atoms with Crippen molar-refractivity contribution in [2.24, 2.45) is 0 Å². The zero-order valence-electron chi connectivity index (χ0n) is 17.1. The highest BCUT2D eigenvalue weighted by molar-refractivity contribution is 7.92. The molecule has 8 heteroatoms. The van der Waals surface area contributed by atoms with E-state index in [0.29, 0.717) is 25.1 Å². The SMILES string of the molecule is Cc1ccc(S(=O)(=O)Nc2ccc(F)cc2)cc1C(=O)NCCCNc1ccccc1. The van der Waals surface area contributed by atoms with E-state index in [2.05, 4.69) is 15.4 Å². The third kappa shape index (κ3) is 6.29. The number of sulfonamides is 1. The van der Waals surface area contributed by atoms with Crippen LogP contribution in [0.25, 0.3) is 0 Å². The Hall–Kier alpha value is -3.39. The Morgan fingerprint density at radius 3 is 2.32 bits per heavy atom. The average molecular weight is 442 g/mol. The van der Waals surface area contributed by atoms with Crippen molar-refractivity contribution in [3.8, 4) is 0 Å². The first-order valence-electron chi connectivity index (χ1n) is 9.81. The number of halogens is 1. The zero-order valence-corrected chi connectivity index (χ0v) is 17.9. The van der Waals surface area contributed by atoms with Crippen LogP contribution in [0.4, 0.5) is 15.8 Å². The van der Waals surface area contributed by atoms with E-state index in [0.717, 1.165) is 5.69 Å². The van der Waals surface area contributed by atoms with E-state index in [1.807, 2.05) is 30.3 Å². The van der Waals surface area contributed by atoms with Crippen molar-refractivity contribution in [1.82, 2.24) is 5.32 Å². The third-order valence-electron chi connectivity index (χ3n) is 4.60. The summed E-state index contributed by atoms with van der Waals surface area (Å²) in [6.45, 7) is 2.89. The van der Waals surface area contributed by atoms with Gasteiger partial charge in [0.05, 0.1) is 4.90 Å². The van der Waals surface area contributed by atoms with Crippen LogP contribution >= 0.6 is 0 Å². The number of anilines is 2. The van der Waals surface area contributed by atoms with Crippen LogP contribution in [0.15, 0.2) is 77.7 Å². The van der Waals surface area contributed by atoms with Gasteiger partial charge in [0.25, 0.3) is 15.9 Å². The molecule has 0 radical (unpaired) electrons. The predicted molar refractivity (Wildman–Crippen MR) is 120 cm³/mol. The molecule has 3 rings (SSSR count). The van der Waals surface area contributed by atoms with E-state index >= 15 is 0 Å². The van der Waals surface area contributed by atoms with Crippen molar-refractivity contribution in [2.45, 2.75) is 18.2 Å². The van der Waals surface area contributed by atoms with Crippen LogP contribution in [0.2, 0.25) is 0 Å². The van der Waals surface area contributed by atoms with Crippen molar-refractivity contribution in [1.29, 1.82) is 0 Å². The Kier molecular flexibility index (Phi) is 7.25. The number of amides is 1. The molecule has 0 spiro atoms. The molecule has 0 aliphatic heterocycles. The number of benzene rings is 3. The van der Waals surface area contributed by atoms with Gasteiger partial charge in [0.15, 0.2) is 0 Å². The first-order valence-corrected chi connectivity index (χ1v) is 11.3. The van der Waals surface area contributed by atoms with Crippen molar-refractivity contribution in [3.05, 3.63) is 89.7 Å². The second-order valence-electron chi connectivity index (χ2n) is 6.99. The molecule has 0 bridgehead atoms. The Labute approximate surface area is 181 Å². The molecule has 0 saturated heterocycles. The number of carbonyl (C=O) groups is 1. The number of aryl methyl sites for hydroxylation is 1. The Morgan fingerprint density at radius 1 is 0.903 bits per heavy atom. The normalized spacial score (nSPS) is 11.0. The lowest BCUT2D eigenvalue weighted by molar-refractivity contribution is 0.0952. The Morgan fingerprint density at radius 2 is 1.61 bits per heavy atom. The van der Waals surface area contributed by atoms with E-state index in [-0.39, 0.29) is 22.1 Å². The molecule has 0 aliphatic carbocycles. The summed E-state index contributed by atoms with van der Waals surface area (Å²) in [6, 6.07) is 19.1. The van der Waals surface area contributed by atoms with Gasteiger partial charge in [-0.25, -0.2) is 12.8 Å². The lowest BCUT2D eigenvalue weighted by atomic mass is 10.1. The van der Waals surface area contributed by atoms with Gasteiger partial charge in [-0.3, -0.25) is 9.52 Å². The molecule has 3 aromatic rings. The number of rotatable bonds is 9. The third-order valence-corrected chi connectivity index (χ3v) is 5.98. The molecular weight excluding hydrogens is 417 g/mol. The first-order chi connectivity index (χ1) is 14.8. The standard InChI is InChI=1S/C23H24FN3O3S/c1-17-8-13-21(31(29,30)27-20-11-9-18(24)10-12-20)16-22(17)23(28)26-15-5-14-25-19-6-3-2-4-7-19/h2-4,6-13,16,25,27H,5,14-15H2,1H3,(H,26,28).